The van der Waals surface area contributed by atoms with Gasteiger partial charge in [0.1, 0.15) is 0 Å². The van der Waals surface area contributed by atoms with Crippen molar-refractivity contribution in [2.24, 2.45) is 0 Å². The third-order valence-electron chi connectivity index (χ3n) is 5.22. The summed E-state index contributed by atoms with van der Waals surface area (Å²) in [5, 5.41) is 3.16. The van der Waals surface area contributed by atoms with Crippen LogP contribution in [0.3, 0.4) is 0 Å². The van der Waals surface area contributed by atoms with Crippen LogP contribution < -0.4 is 5.32 Å². The smallest absolute Gasteiger partial charge is 0.251 e. The van der Waals surface area contributed by atoms with Crippen molar-refractivity contribution in [2.75, 3.05) is 32.7 Å². The number of nitrogens with one attached hydrogen (secondary N) is 1. The summed E-state index contributed by atoms with van der Waals surface area (Å²) in [5.41, 5.74) is 2.96. The molecule has 0 aliphatic carbocycles. The number of amides is 2. The van der Waals surface area contributed by atoms with Crippen LogP contribution in [0.4, 0.5) is 0 Å². The number of rotatable bonds is 4. The van der Waals surface area contributed by atoms with Crippen LogP contribution in [0.15, 0.2) is 18.2 Å². The van der Waals surface area contributed by atoms with E-state index in [0.29, 0.717) is 6.54 Å². The minimum absolute atomic E-state index is 0.0124. The highest BCUT2D eigenvalue weighted by molar-refractivity contribution is 5.94. The number of piperidine rings is 1. The van der Waals surface area contributed by atoms with Gasteiger partial charge in [-0.15, -0.1) is 0 Å². The number of carbonyl (C=O) groups is 2. The fourth-order valence-electron chi connectivity index (χ4n) is 3.87. The molecule has 0 unspecified atom stereocenters. The van der Waals surface area contributed by atoms with Gasteiger partial charge in [0, 0.05) is 37.8 Å². The van der Waals surface area contributed by atoms with Crippen molar-refractivity contribution in [3.05, 3.63) is 34.9 Å². The largest absolute Gasteiger partial charge is 0.349 e. The van der Waals surface area contributed by atoms with Gasteiger partial charge in [-0.25, -0.2) is 0 Å². The quantitative estimate of drug-likeness (QED) is 0.911. The van der Waals surface area contributed by atoms with Gasteiger partial charge in [0.15, 0.2) is 0 Å². The van der Waals surface area contributed by atoms with Gasteiger partial charge in [-0.1, -0.05) is 17.2 Å². The minimum Gasteiger partial charge on any atom is -0.349 e. The molecule has 25 heavy (non-hydrogen) atoms. The van der Waals surface area contributed by atoms with E-state index in [4.69, 9.17) is 0 Å². The molecule has 0 radical (unpaired) electrons. The van der Waals surface area contributed by atoms with Crippen LogP contribution >= 0.6 is 0 Å². The molecule has 136 valence electrons. The topological polar surface area (TPSA) is 52.7 Å². The van der Waals surface area contributed by atoms with E-state index in [2.05, 4.69) is 16.3 Å². The molecule has 3 rings (SSSR count). The number of aryl methyl sites for hydroxylation is 2. The Labute approximate surface area is 150 Å². The van der Waals surface area contributed by atoms with Crippen molar-refractivity contribution in [1.82, 2.24) is 15.1 Å². The first-order valence-electron chi connectivity index (χ1n) is 9.40. The molecule has 2 aliphatic heterocycles. The second-order valence-corrected chi connectivity index (χ2v) is 7.49. The Balaban J connectivity index is 1.45. The van der Waals surface area contributed by atoms with Gasteiger partial charge in [-0.2, -0.15) is 0 Å². The molecule has 2 heterocycles. The van der Waals surface area contributed by atoms with Gasteiger partial charge in [-0.05, 0) is 51.7 Å². The van der Waals surface area contributed by atoms with Crippen LogP contribution in [0.1, 0.15) is 47.2 Å². The summed E-state index contributed by atoms with van der Waals surface area (Å²) in [7, 11) is 0. The summed E-state index contributed by atoms with van der Waals surface area (Å²) < 4.78 is 0. The fourth-order valence-corrected chi connectivity index (χ4v) is 3.87. The maximum Gasteiger partial charge on any atom is 0.251 e. The second-order valence-electron chi connectivity index (χ2n) is 7.49. The summed E-state index contributed by atoms with van der Waals surface area (Å²) in [6, 6.07) is 6.15. The Morgan fingerprint density at radius 2 is 1.60 bits per heavy atom. The predicted molar refractivity (Wildman–Crippen MR) is 98.7 cm³/mol. The summed E-state index contributed by atoms with van der Waals surface area (Å²) in [5.74, 6) is 0.272. The molecular weight excluding hydrogens is 314 g/mol. The maximum absolute atomic E-state index is 12.5. The van der Waals surface area contributed by atoms with Gasteiger partial charge >= 0.3 is 0 Å². The van der Waals surface area contributed by atoms with Gasteiger partial charge in [0.05, 0.1) is 6.54 Å². The van der Waals surface area contributed by atoms with Crippen LogP contribution in [-0.4, -0.2) is 60.4 Å². The van der Waals surface area contributed by atoms with Crippen LogP contribution in [0.2, 0.25) is 0 Å². The molecule has 0 saturated carbocycles. The molecule has 2 amide bonds. The molecule has 2 saturated heterocycles. The normalized spacial score (nSPS) is 19.2. The van der Waals surface area contributed by atoms with Gasteiger partial charge in [-0.3, -0.25) is 14.5 Å². The van der Waals surface area contributed by atoms with E-state index in [1.165, 1.54) is 0 Å². The van der Waals surface area contributed by atoms with Crippen LogP contribution in [0.25, 0.3) is 0 Å². The first-order chi connectivity index (χ1) is 12.0. The molecular formula is C20H29N3O2. The number of hydrogen-bond acceptors (Lipinski definition) is 3. The lowest BCUT2D eigenvalue weighted by atomic mass is 10.0. The standard InChI is InChI=1S/C20H29N3O2/c1-15-11-16(2)13-17(12-15)20(25)21-18-5-9-22(10-6-18)14-19(24)23-7-3-4-8-23/h11-13,18H,3-10,14H2,1-2H3,(H,21,25). The zero-order chi connectivity index (χ0) is 17.8. The predicted octanol–water partition coefficient (Wildman–Crippen LogP) is 2.12. The zero-order valence-electron chi connectivity index (χ0n) is 15.4. The number of nitrogens with zero attached hydrogens (tertiary/aromatic N) is 2. The van der Waals surface area contributed by atoms with E-state index in [1.54, 1.807) is 0 Å². The van der Waals surface area contributed by atoms with Gasteiger partial charge in [0.25, 0.3) is 5.91 Å². The molecule has 0 atom stereocenters. The van der Waals surface area contributed by atoms with Crippen molar-refractivity contribution in [1.29, 1.82) is 0 Å². The molecule has 0 spiro atoms. The Kier molecular flexibility index (Phi) is 5.74. The monoisotopic (exact) mass is 343 g/mol. The highest BCUT2D eigenvalue weighted by atomic mass is 16.2. The first-order valence-corrected chi connectivity index (χ1v) is 9.40. The lowest BCUT2D eigenvalue weighted by Crippen LogP contribution is -2.47. The average molecular weight is 343 g/mol. The van der Waals surface area contributed by atoms with Crippen molar-refractivity contribution >= 4 is 11.8 Å². The first kappa shape index (κ1) is 17.9. The van der Waals surface area contributed by atoms with E-state index < -0.39 is 0 Å². The van der Waals surface area contributed by atoms with Crippen molar-refractivity contribution in [3.8, 4) is 0 Å². The van der Waals surface area contributed by atoms with E-state index in [9.17, 15) is 9.59 Å². The van der Waals surface area contributed by atoms with Crippen molar-refractivity contribution < 1.29 is 9.59 Å². The molecule has 2 aliphatic rings. The highest BCUT2D eigenvalue weighted by Gasteiger charge is 2.25. The summed E-state index contributed by atoms with van der Waals surface area (Å²) >= 11 is 0. The van der Waals surface area contributed by atoms with Crippen molar-refractivity contribution in [3.63, 3.8) is 0 Å². The van der Waals surface area contributed by atoms with Crippen LogP contribution in [-0.2, 0) is 4.79 Å². The highest BCUT2D eigenvalue weighted by Crippen LogP contribution is 2.14. The Bertz CT molecular complexity index is 610. The SMILES string of the molecule is Cc1cc(C)cc(C(=O)NC2CCN(CC(=O)N3CCCC3)CC2)c1. The second kappa shape index (κ2) is 8.00. The van der Waals surface area contributed by atoms with E-state index >= 15 is 0 Å². The fraction of sp³-hybridized carbons (Fsp3) is 0.600. The lowest BCUT2D eigenvalue weighted by molar-refractivity contribution is -0.131. The molecule has 0 bridgehead atoms. The number of likely N-dealkylation sites (tertiary alicyclic amines) is 2. The number of carbonyl (C=O) groups excluding carboxylic acids is 2. The van der Waals surface area contributed by atoms with E-state index in [0.717, 1.165) is 68.6 Å². The number of benzene rings is 1. The third kappa shape index (κ3) is 4.82. The molecule has 1 aromatic carbocycles. The maximum atomic E-state index is 12.5. The lowest BCUT2D eigenvalue weighted by Gasteiger charge is -2.32. The molecule has 0 aromatic heterocycles. The average Bonchev–Trinajstić information content (AvgIpc) is 3.10. The molecule has 1 N–H and O–H groups in total. The van der Waals surface area contributed by atoms with Crippen LogP contribution in [0, 0.1) is 13.8 Å². The molecule has 5 heteroatoms. The van der Waals surface area contributed by atoms with E-state index in [-0.39, 0.29) is 17.9 Å². The van der Waals surface area contributed by atoms with Gasteiger partial charge in [0.2, 0.25) is 5.91 Å². The molecule has 5 nitrogen and oxygen atoms in total. The molecule has 1 aromatic rings. The summed E-state index contributed by atoms with van der Waals surface area (Å²) in [6.45, 7) is 8.13. The van der Waals surface area contributed by atoms with Gasteiger partial charge < -0.3 is 10.2 Å². The minimum atomic E-state index is 0.0124. The van der Waals surface area contributed by atoms with Crippen molar-refractivity contribution in [2.45, 2.75) is 45.6 Å². The number of hydrogen-bond donors (Lipinski definition) is 1. The zero-order valence-corrected chi connectivity index (χ0v) is 15.4. The third-order valence-corrected chi connectivity index (χ3v) is 5.22. The van der Waals surface area contributed by atoms with Crippen LogP contribution in [0.5, 0.6) is 0 Å². The molecule has 2 fully saturated rings. The Morgan fingerprint density at radius 3 is 2.20 bits per heavy atom. The summed E-state index contributed by atoms with van der Waals surface area (Å²) in [4.78, 5) is 28.9. The Morgan fingerprint density at radius 1 is 1.00 bits per heavy atom. The summed E-state index contributed by atoms with van der Waals surface area (Å²) in [6.07, 6.45) is 4.09. The Hall–Kier alpha value is -1.88. The van der Waals surface area contributed by atoms with E-state index in [1.807, 2.05) is 30.9 Å².